The predicted octanol–water partition coefficient (Wildman–Crippen LogP) is 2.69. The van der Waals surface area contributed by atoms with Gasteiger partial charge in [0.2, 0.25) is 5.95 Å². The Bertz CT molecular complexity index is 1150. The van der Waals surface area contributed by atoms with E-state index in [2.05, 4.69) is 20.1 Å². The average molecular weight is 367 g/mol. The smallest absolute Gasteiger partial charge is 0.222 e. The lowest BCUT2D eigenvalue weighted by Crippen LogP contribution is -2.09. The summed E-state index contributed by atoms with van der Waals surface area (Å²) in [7, 11) is 0. The van der Waals surface area contributed by atoms with Crippen LogP contribution in [0.25, 0.3) is 22.4 Å². The molecule has 27 heavy (non-hydrogen) atoms. The monoisotopic (exact) mass is 367 g/mol. The number of hydrogen-bond donors (Lipinski definition) is 2. The van der Waals surface area contributed by atoms with Gasteiger partial charge in [-0.3, -0.25) is 4.98 Å². The Morgan fingerprint density at radius 2 is 1.81 bits per heavy atom. The van der Waals surface area contributed by atoms with E-state index in [-0.39, 0.29) is 23.7 Å². The number of halogens is 2. The zero-order chi connectivity index (χ0) is 19.1. The zero-order valence-electron chi connectivity index (χ0n) is 14.3. The summed E-state index contributed by atoms with van der Waals surface area (Å²) in [5.74, 6) is -1.49. The van der Waals surface area contributed by atoms with Gasteiger partial charge in [0.25, 0.3) is 0 Å². The minimum atomic E-state index is -0.751. The lowest BCUT2D eigenvalue weighted by atomic mass is 10.1. The maximum Gasteiger partial charge on any atom is 0.222 e. The SMILES string of the molecule is Cc1ccnc(-c2nc(N)nc3c2cnn3Cc2c(F)cc(N)cc2F)c1. The molecule has 136 valence electrons. The molecular formula is C18H15F2N7. The molecule has 0 atom stereocenters. The van der Waals surface area contributed by atoms with Gasteiger partial charge in [-0.05, 0) is 36.8 Å². The van der Waals surface area contributed by atoms with Crippen molar-refractivity contribution in [2.24, 2.45) is 0 Å². The molecule has 0 aliphatic carbocycles. The van der Waals surface area contributed by atoms with Crippen molar-refractivity contribution >= 4 is 22.7 Å². The summed E-state index contributed by atoms with van der Waals surface area (Å²) in [5.41, 5.74) is 13.6. The highest BCUT2D eigenvalue weighted by Crippen LogP contribution is 2.27. The van der Waals surface area contributed by atoms with Crippen LogP contribution >= 0.6 is 0 Å². The number of benzene rings is 1. The second-order valence-corrected chi connectivity index (χ2v) is 6.15. The van der Waals surface area contributed by atoms with Gasteiger partial charge in [0.1, 0.15) is 17.3 Å². The first-order valence-corrected chi connectivity index (χ1v) is 8.08. The Morgan fingerprint density at radius 1 is 1.07 bits per heavy atom. The van der Waals surface area contributed by atoms with E-state index < -0.39 is 11.6 Å². The molecule has 0 saturated heterocycles. The number of aryl methyl sites for hydroxylation is 1. The van der Waals surface area contributed by atoms with Gasteiger partial charge in [0.05, 0.1) is 23.8 Å². The highest BCUT2D eigenvalue weighted by molar-refractivity contribution is 5.90. The molecule has 0 unspecified atom stereocenters. The molecule has 0 saturated carbocycles. The van der Waals surface area contributed by atoms with E-state index >= 15 is 0 Å². The lowest BCUT2D eigenvalue weighted by molar-refractivity contribution is 0.537. The van der Waals surface area contributed by atoms with Crippen molar-refractivity contribution in [2.45, 2.75) is 13.5 Å². The molecule has 7 nitrogen and oxygen atoms in total. The second kappa shape index (κ2) is 6.27. The van der Waals surface area contributed by atoms with E-state index in [1.165, 1.54) is 10.9 Å². The minimum absolute atomic E-state index is 0.0125. The van der Waals surface area contributed by atoms with E-state index in [1.54, 1.807) is 6.20 Å². The van der Waals surface area contributed by atoms with Gasteiger partial charge in [-0.2, -0.15) is 10.1 Å². The topological polar surface area (TPSA) is 109 Å². The van der Waals surface area contributed by atoms with E-state index in [9.17, 15) is 8.78 Å². The largest absolute Gasteiger partial charge is 0.399 e. The Balaban J connectivity index is 1.85. The third kappa shape index (κ3) is 3.03. The lowest BCUT2D eigenvalue weighted by Gasteiger charge is -2.08. The van der Waals surface area contributed by atoms with E-state index in [0.717, 1.165) is 17.7 Å². The number of nitrogens with two attached hydrogens (primary N) is 2. The molecule has 0 aliphatic rings. The van der Waals surface area contributed by atoms with E-state index in [0.29, 0.717) is 22.4 Å². The summed E-state index contributed by atoms with van der Waals surface area (Å²) in [5, 5.41) is 4.79. The van der Waals surface area contributed by atoms with Crippen molar-refractivity contribution in [1.82, 2.24) is 24.7 Å². The Hall–Kier alpha value is -3.62. The first kappa shape index (κ1) is 16.8. The van der Waals surface area contributed by atoms with E-state index in [4.69, 9.17) is 11.5 Å². The molecule has 3 heterocycles. The quantitative estimate of drug-likeness (QED) is 0.539. The molecule has 0 amide bonds. The first-order valence-electron chi connectivity index (χ1n) is 8.08. The Morgan fingerprint density at radius 3 is 2.52 bits per heavy atom. The van der Waals surface area contributed by atoms with Gasteiger partial charge >= 0.3 is 0 Å². The van der Waals surface area contributed by atoms with Crippen LogP contribution in [0.5, 0.6) is 0 Å². The van der Waals surface area contributed by atoms with Crippen LogP contribution in [0.2, 0.25) is 0 Å². The number of anilines is 2. The molecule has 3 aromatic heterocycles. The Labute approximate surface area is 152 Å². The number of nitrogens with zero attached hydrogens (tertiary/aromatic N) is 5. The van der Waals surface area contributed by atoms with Crippen molar-refractivity contribution < 1.29 is 8.78 Å². The number of rotatable bonds is 3. The van der Waals surface area contributed by atoms with Gasteiger partial charge < -0.3 is 11.5 Å². The van der Waals surface area contributed by atoms with Gasteiger partial charge in [0.15, 0.2) is 5.65 Å². The second-order valence-electron chi connectivity index (χ2n) is 6.15. The molecule has 0 spiro atoms. The van der Waals surface area contributed by atoms with Crippen LogP contribution < -0.4 is 11.5 Å². The maximum atomic E-state index is 14.1. The molecule has 0 bridgehead atoms. The average Bonchev–Trinajstić information content (AvgIpc) is 3.00. The van der Waals surface area contributed by atoms with Crippen LogP contribution in [0, 0.1) is 18.6 Å². The maximum absolute atomic E-state index is 14.1. The normalized spacial score (nSPS) is 11.2. The summed E-state index contributed by atoms with van der Waals surface area (Å²) in [6.45, 7) is 1.77. The third-order valence-electron chi connectivity index (χ3n) is 4.14. The summed E-state index contributed by atoms with van der Waals surface area (Å²) in [6, 6.07) is 5.85. The highest BCUT2D eigenvalue weighted by atomic mass is 19.1. The Kier molecular flexibility index (Phi) is 3.91. The van der Waals surface area contributed by atoms with Gasteiger partial charge in [0, 0.05) is 17.4 Å². The van der Waals surface area contributed by atoms with E-state index in [1.807, 2.05) is 19.1 Å². The molecule has 9 heteroatoms. The fraction of sp³-hybridized carbons (Fsp3) is 0.111. The molecule has 4 rings (SSSR count). The van der Waals surface area contributed by atoms with Crippen molar-refractivity contribution in [3.63, 3.8) is 0 Å². The summed E-state index contributed by atoms with van der Waals surface area (Å²) in [4.78, 5) is 12.8. The molecule has 0 radical (unpaired) electrons. The molecule has 1 aromatic carbocycles. The molecular weight excluding hydrogens is 352 g/mol. The fourth-order valence-corrected chi connectivity index (χ4v) is 2.87. The van der Waals surface area contributed by atoms with Crippen molar-refractivity contribution in [3.8, 4) is 11.4 Å². The standard InChI is InChI=1S/C18H15F2N7/c1-9-2-3-23-15(4-9)16-11-7-24-27(17(11)26-18(22)25-16)8-12-13(19)5-10(21)6-14(12)20/h2-7H,8,21H2,1H3,(H2,22,25,26). The van der Waals surface area contributed by atoms with Crippen LogP contribution in [0.4, 0.5) is 20.4 Å². The summed E-state index contributed by atoms with van der Waals surface area (Å²) >= 11 is 0. The number of pyridine rings is 1. The van der Waals surface area contributed by atoms with Gasteiger partial charge in [-0.15, -0.1) is 0 Å². The molecule has 4 N–H and O–H groups in total. The molecule has 0 aliphatic heterocycles. The number of hydrogen-bond acceptors (Lipinski definition) is 6. The van der Waals surface area contributed by atoms with Crippen LogP contribution in [0.15, 0.2) is 36.7 Å². The minimum Gasteiger partial charge on any atom is -0.399 e. The van der Waals surface area contributed by atoms with Crippen LogP contribution in [0.1, 0.15) is 11.1 Å². The van der Waals surface area contributed by atoms with Gasteiger partial charge in [-0.25, -0.2) is 18.4 Å². The fourth-order valence-electron chi connectivity index (χ4n) is 2.87. The summed E-state index contributed by atoms with van der Waals surface area (Å²) in [6.07, 6.45) is 3.19. The van der Waals surface area contributed by atoms with Crippen molar-refractivity contribution in [3.05, 3.63) is 59.4 Å². The van der Waals surface area contributed by atoms with Crippen LogP contribution in [-0.4, -0.2) is 24.7 Å². The number of fused-ring (bicyclic) bond motifs is 1. The van der Waals surface area contributed by atoms with Crippen LogP contribution in [-0.2, 0) is 6.54 Å². The van der Waals surface area contributed by atoms with Crippen LogP contribution in [0.3, 0.4) is 0 Å². The molecule has 0 fully saturated rings. The summed E-state index contributed by atoms with van der Waals surface area (Å²) < 4.78 is 29.7. The zero-order valence-corrected chi connectivity index (χ0v) is 14.3. The highest BCUT2D eigenvalue weighted by Gasteiger charge is 2.17. The third-order valence-corrected chi connectivity index (χ3v) is 4.14. The number of nitrogen functional groups attached to an aromatic ring is 2. The van der Waals surface area contributed by atoms with Crippen molar-refractivity contribution in [1.29, 1.82) is 0 Å². The van der Waals surface area contributed by atoms with Crippen molar-refractivity contribution in [2.75, 3.05) is 11.5 Å². The predicted molar refractivity (Wildman–Crippen MR) is 97.6 cm³/mol. The van der Waals surface area contributed by atoms with Gasteiger partial charge in [-0.1, -0.05) is 0 Å². The first-order chi connectivity index (χ1) is 12.9. The molecule has 4 aromatic rings. The number of aromatic nitrogens is 5.